The summed E-state index contributed by atoms with van der Waals surface area (Å²) in [7, 11) is 0.431. The first kappa shape index (κ1) is 9.00. The second-order valence-electron chi connectivity index (χ2n) is 4.66. The first-order valence-electron chi connectivity index (χ1n) is 5.56. The molecule has 0 bridgehead atoms. The lowest BCUT2D eigenvalue weighted by molar-refractivity contribution is 0.777. The molecule has 1 saturated carbocycles. The first-order valence-corrected chi connectivity index (χ1v) is 7.11. The highest BCUT2D eigenvalue weighted by molar-refractivity contribution is 7.60. The van der Waals surface area contributed by atoms with E-state index in [-0.39, 0.29) is 0 Å². The molecule has 2 fully saturated rings. The summed E-state index contributed by atoms with van der Waals surface area (Å²) in [6, 6.07) is 0. The second kappa shape index (κ2) is 3.66. The van der Waals surface area contributed by atoms with Crippen LogP contribution in [0.2, 0.25) is 0 Å². The summed E-state index contributed by atoms with van der Waals surface area (Å²) in [5.74, 6) is 0. The third kappa shape index (κ3) is 1.55. The molecular formula is C11H21P. The molecule has 1 aliphatic carbocycles. The van der Waals surface area contributed by atoms with E-state index < -0.39 is 0 Å². The largest absolute Gasteiger partial charge is 0.0977 e. The standard InChI is InChI=1S/C11H21P/c1-9-7-8-10(2)12(9)11-5-3-4-6-11/h9-11H,3-8H2,1-2H3. The number of hydrogen-bond donors (Lipinski definition) is 0. The molecule has 1 heterocycles. The van der Waals surface area contributed by atoms with Crippen LogP contribution in [0.3, 0.4) is 0 Å². The van der Waals surface area contributed by atoms with Crippen molar-refractivity contribution in [1.82, 2.24) is 0 Å². The van der Waals surface area contributed by atoms with Crippen LogP contribution in [0.15, 0.2) is 0 Å². The van der Waals surface area contributed by atoms with E-state index in [2.05, 4.69) is 13.8 Å². The van der Waals surface area contributed by atoms with Gasteiger partial charge in [0.25, 0.3) is 0 Å². The summed E-state index contributed by atoms with van der Waals surface area (Å²) in [4.78, 5) is 0. The van der Waals surface area contributed by atoms with Gasteiger partial charge < -0.3 is 0 Å². The molecule has 2 aliphatic rings. The maximum Gasteiger partial charge on any atom is -0.0204 e. The van der Waals surface area contributed by atoms with Crippen molar-refractivity contribution in [1.29, 1.82) is 0 Å². The quantitative estimate of drug-likeness (QED) is 0.541. The molecule has 0 radical (unpaired) electrons. The van der Waals surface area contributed by atoms with E-state index >= 15 is 0 Å². The fourth-order valence-electron chi connectivity index (χ4n) is 3.14. The minimum absolute atomic E-state index is 0.431. The lowest BCUT2D eigenvalue weighted by Crippen LogP contribution is -2.09. The lowest BCUT2D eigenvalue weighted by Gasteiger charge is -2.27. The zero-order chi connectivity index (χ0) is 8.55. The predicted molar refractivity (Wildman–Crippen MR) is 57.3 cm³/mol. The molecule has 12 heavy (non-hydrogen) atoms. The van der Waals surface area contributed by atoms with Crippen LogP contribution in [0.1, 0.15) is 52.4 Å². The molecule has 0 N–H and O–H groups in total. The van der Waals surface area contributed by atoms with Crippen LogP contribution in [0.25, 0.3) is 0 Å². The van der Waals surface area contributed by atoms with Gasteiger partial charge in [0.2, 0.25) is 0 Å². The zero-order valence-electron chi connectivity index (χ0n) is 8.42. The minimum Gasteiger partial charge on any atom is -0.0977 e. The van der Waals surface area contributed by atoms with Gasteiger partial charge in [0.15, 0.2) is 0 Å². The van der Waals surface area contributed by atoms with Gasteiger partial charge in [-0.1, -0.05) is 34.6 Å². The van der Waals surface area contributed by atoms with Crippen LogP contribution in [-0.2, 0) is 0 Å². The average molecular weight is 184 g/mol. The molecule has 2 atom stereocenters. The van der Waals surface area contributed by atoms with Gasteiger partial charge >= 0.3 is 0 Å². The summed E-state index contributed by atoms with van der Waals surface area (Å²) in [6.45, 7) is 5.01. The summed E-state index contributed by atoms with van der Waals surface area (Å²) in [5.41, 5.74) is 3.36. The average Bonchev–Trinajstić information content (AvgIpc) is 2.61. The molecule has 0 spiro atoms. The van der Waals surface area contributed by atoms with Crippen LogP contribution >= 0.6 is 7.92 Å². The van der Waals surface area contributed by atoms with Crippen molar-refractivity contribution in [2.75, 3.05) is 0 Å². The zero-order valence-corrected chi connectivity index (χ0v) is 9.32. The number of rotatable bonds is 1. The Hall–Kier alpha value is 0.430. The van der Waals surface area contributed by atoms with Crippen molar-refractivity contribution in [2.24, 2.45) is 0 Å². The lowest BCUT2D eigenvalue weighted by atomic mass is 10.2. The van der Waals surface area contributed by atoms with Gasteiger partial charge in [-0.25, -0.2) is 0 Å². The van der Waals surface area contributed by atoms with Crippen molar-refractivity contribution in [3.8, 4) is 0 Å². The van der Waals surface area contributed by atoms with Gasteiger partial charge in [-0.15, -0.1) is 0 Å². The number of hydrogen-bond acceptors (Lipinski definition) is 0. The highest BCUT2D eigenvalue weighted by atomic mass is 31.1. The Kier molecular flexibility index (Phi) is 2.75. The van der Waals surface area contributed by atoms with Crippen molar-refractivity contribution < 1.29 is 0 Å². The Morgan fingerprint density at radius 1 is 0.833 bits per heavy atom. The fourth-order valence-corrected chi connectivity index (χ4v) is 7.30. The van der Waals surface area contributed by atoms with E-state index in [0.717, 1.165) is 11.3 Å². The van der Waals surface area contributed by atoms with E-state index in [0.29, 0.717) is 7.92 Å². The van der Waals surface area contributed by atoms with Crippen molar-refractivity contribution >= 4 is 7.92 Å². The molecule has 1 saturated heterocycles. The van der Waals surface area contributed by atoms with Gasteiger partial charge in [-0.2, -0.15) is 0 Å². The Morgan fingerprint density at radius 2 is 1.33 bits per heavy atom. The first-order chi connectivity index (χ1) is 5.79. The maximum absolute atomic E-state index is 2.51. The van der Waals surface area contributed by atoms with Gasteiger partial charge in [0.1, 0.15) is 0 Å². The summed E-state index contributed by atoms with van der Waals surface area (Å²) in [6.07, 6.45) is 9.26. The minimum atomic E-state index is 0.431. The van der Waals surface area contributed by atoms with Gasteiger partial charge in [-0.3, -0.25) is 0 Å². The molecule has 0 aromatic rings. The predicted octanol–water partition coefficient (Wildman–Crippen LogP) is 3.98. The van der Waals surface area contributed by atoms with E-state index in [1.54, 1.807) is 12.8 Å². The Bertz CT molecular complexity index is 139. The van der Waals surface area contributed by atoms with Gasteiger partial charge in [0, 0.05) is 0 Å². The topological polar surface area (TPSA) is 0 Å². The van der Waals surface area contributed by atoms with Crippen molar-refractivity contribution in [3.63, 3.8) is 0 Å². The van der Waals surface area contributed by atoms with E-state index in [9.17, 15) is 0 Å². The maximum atomic E-state index is 2.51. The molecule has 1 heteroatoms. The van der Waals surface area contributed by atoms with E-state index in [1.807, 2.05) is 0 Å². The molecule has 0 aromatic heterocycles. The molecule has 0 aromatic carbocycles. The SMILES string of the molecule is CC1CCC(C)P1C1CCCC1. The van der Waals surface area contributed by atoms with E-state index in [1.165, 1.54) is 31.3 Å². The molecule has 0 amide bonds. The monoisotopic (exact) mass is 184 g/mol. The van der Waals surface area contributed by atoms with Crippen molar-refractivity contribution in [3.05, 3.63) is 0 Å². The molecule has 0 nitrogen and oxygen atoms in total. The normalized spacial score (nSPS) is 44.0. The summed E-state index contributed by atoms with van der Waals surface area (Å²) >= 11 is 0. The highest BCUT2D eigenvalue weighted by Gasteiger charge is 2.36. The molecule has 70 valence electrons. The van der Waals surface area contributed by atoms with Gasteiger partial charge in [0.05, 0.1) is 0 Å². The fraction of sp³-hybridized carbons (Fsp3) is 1.00. The second-order valence-corrected chi connectivity index (χ2v) is 8.05. The Balaban J connectivity index is 1.99. The van der Waals surface area contributed by atoms with E-state index in [4.69, 9.17) is 0 Å². The van der Waals surface area contributed by atoms with Crippen LogP contribution in [0.4, 0.5) is 0 Å². The molecular weight excluding hydrogens is 163 g/mol. The third-order valence-electron chi connectivity index (χ3n) is 3.77. The smallest absolute Gasteiger partial charge is 0.0204 e. The van der Waals surface area contributed by atoms with Crippen molar-refractivity contribution in [2.45, 2.75) is 69.3 Å². The van der Waals surface area contributed by atoms with Crippen LogP contribution in [0.5, 0.6) is 0 Å². The Labute approximate surface area is 77.9 Å². The summed E-state index contributed by atoms with van der Waals surface area (Å²) < 4.78 is 0. The Morgan fingerprint density at radius 3 is 1.83 bits per heavy atom. The molecule has 2 rings (SSSR count). The molecule has 2 unspecified atom stereocenters. The molecule has 1 aliphatic heterocycles. The third-order valence-corrected chi connectivity index (χ3v) is 7.68. The summed E-state index contributed by atoms with van der Waals surface area (Å²) in [5, 5.41) is 0. The highest BCUT2D eigenvalue weighted by Crippen LogP contribution is 2.62. The van der Waals surface area contributed by atoms with Crippen LogP contribution < -0.4 is 0 Å². The van der Waals surface area contributed by atoms with Gasteiger partial charge in [-0.05, 0) is 42.7 Å². The van der Waals surface area contributed by atoms with Crippen LogP contribution in [-0.4, -0.2) is 17.0 Å². The van der Waals surface area contributed by atoms with Crippen LogP contribution in [0, 0.1) is 0 Å².